The molecule has 430 valence electrons. The highest BCUT2D eigenvalue weighted by Crippen LogP contribution is 2.13. The van der Waals surface area contributed by atoms with E-state index in [9.17, 15) is 87.5 Å². The Morgan fingerprint density at radius 2 is 0.750 bits per heavy atom. The van der Waals surface area contributed by atoms with Crippen LogP contribution in [0.4, 0.5) is 0 Å². The lowest BCUT2D eigenvalue weighted by Crippen LogP contribution is -2.61. The smallest absolute Gasteiger partial charge is 0.326 e. The molecule has 0 fully saturated rings. The topological polar surface area (TPSA) is 520 Å². The average molecular weight is 1110 g/mol. The molecule has 0 heterocycles. The Balaban J connectivity index is 6.77. The van der Waals surface area contributed by atoms with Crippen LogP contribution in [-0.4, -0.2) is 176 Å². The number of aliphatic hydroxyl groups is 1. The first-order valence-corrected chi connectivity index (χ1v) is 25.7. The van der Waals surface area contributed by atoms with Crippen LogP contribution >= 0.6 is 11.8 Å². The molecule has 0 saturated heterocycles. The summed E-state index contributed by atoms with van der Waals surface area (Å²) in [5.41, 5.74) is 21.8. The average Bonchev–Trinajstić information content (AvgIpc) is 3.33. The van der Waals surface area contributed by atoms with Crippen LogP contribution in [0.1, 0.15) is 111 Å². The molecule has 0 saturated carbocycles. The minimum absolute atomic E-state index is 0.121. The molecule has 11 amide bonds. The molecule has 0 aromatic heterocycles. The molecule has 0 bridgehead atoms. The third-order valence-electron chi connectivity index (χ3n) is 11.4. The summed E-state index contributed by atoms with van der Waals surface area (Å²) < 4.78 is 0. The molecule has 20 N–H and O–H groups in total. The number of aliphatic carboxylic acids is 3. The molecule has 76 heavy (non-hydrogen) atoms. The zero-order chi connectivity index (χ0) is 58.4. The molecule has 31 heteroatoms. The highest BCUT2D eigenvalue weighted by atomic mass is 32.2. The van der Waals surface area contributed by atoms with Crippen molar-refractivity contribution in [1.82, 2.24) is 42.5 Å². The van der Waals surface area contributed by atoms with Crippen molar-refractivity contribution in [2.24, 2.45) is 34.8 Å². The van der Waals surface area contributed by atoms with Crippen LogP contribution in [0.3, 0.4) is 0 Å². The summed E-state index contributed by atoms with van der Waals surface area (Å²) in [5, 5.41) is 57.0. The molecule has 0 rings (SSSR count). The van der Waals surface area contributed by atoms with Crippen molar-refractivity contribution < 1.29 is 87.5 Å². The number of aliphatic hydroxyl groups excluding tert-OH is 1. The van der Waals surface area contributed by atoms with Crippen LogP contribution in [0, 0.1) is 11.8 Å². The normalized spacial score (nSPS) is 14.9. The number of carboxylic acids is 3. The van der Waals surface area contributed by atoms with Crippen LogP contribution in [0.25, 0.3) is 0 Å². The van der Waals surface area contributed by atoms with Gasteiger partial charge in [-0.1, -0.05) is 34.1 Å². The van der Waals surface area contributed by atoms with Gasteiger partial charge in [0.05, 0.1) is 12.6 Å². The van der Waals surface area contributed by atoms with E-state index >= 15 is 0 Å². The van der Waals surface area contributed by atoms with Crippen LogP contribution in [0.15, 0.2) is 0 Å². The zero-order valence-electron chi connectivity index (χ0n) is 43.2. The Morgan fingerprint density at radius 1 is 0.447 bits per heavy atom. The van der Waals surface area contributed by atoms with Crippen LogP contribution < -0.4 is 65.5 Å². The number of rotatable bonds is 40. The maximum absolute atomic E-state index is 14.0. The third-order valence-corrected chi connectivity index (χ3v) is 12.0. The van der Waals surface area contributed by atoms with Gasteiger partial charge in [0.1, 0.15) is 48.3 Å². The fourth-order valence-corrected chi connectivity index (χ4v) is 7.35. The predicted octanol–water partition coefficient (Wildman–Crippen LogP) is -5.36. The second kappa shape index (κ2) is 35.9. The van der Waals surface area contributed by atoms with E-state index in [0.29, 0.717) is 12.2 Å². The van der Waals surface area contributed by atoms with Crippen molar-refractivity contribution in [1.29, 1.82) is 0 Å². The summed E-state index contributed by atoms with van der Waals surface area (Å²) >= 11 is 1.38. The number of amides is 11. The number of carboxylic acid groups (broad SMARTS) is 3. The summed E-state index contributed by atoms with van der Waals surface area (Å²) in [6.07, 6.45) is -3.46. The lowest BCUT2D eigenvalue weighted by molar-refractivity contribution is -0.144. The van der Waals surface area contributed by atoms with E-state index < -0.39 is 208 Å². The maximum Gasteiger partial charge on any atom is 0.326 e. The molecular formula is C45H76N12O18S. The van der Waals surface area contributed by atoms with Gasteiger partial charge in [0.2, 0.25) is 65.0 Å². The van der Waals surface area contributed by atoms with E-state index in [4.69, 9.17) is 22.9 Å². The van der Waals surface area contributed by atoms with Gasteiger partial charge in [-0.3, -0.25) is 62.3 Å². The number of hydrogen-bond acceptors (Lipinski definition) is 17. The first-order chi connectivity index (χ1) is 35.5. The first kappa shape index (κ1) is 68.8. The summed E-state index contributed by atoms with van der Waals surface area (Å²) in [4.78, 5) is 179. The number of primary amides is 3. The summed E-state index contributed by atoms with van der Waals surface area (Å²) in [6, 6.07) is -14.5. The van der Waals surface area contributed by atoms with Gasteiger partial charge in [0.15, 0.2) is 0 Å². The van der Waals surface area contributed by atoms with Crippen LogP contribution in [-0.2, 0) is 67.1 Å². The van der Waals surface area contributed by atoms with Crippen molar-refractivity contribution in [2.75, 3.05) is 18.6 Å². The van der Waals surface area contributed by atoms with Crippen molar-refractivity contribution in [2.45, 2.75) is 166 Å². The first-order valence-electron chi connectivity index (χ1n) is 24.3. The van der Waals surface area contributed by atoms with Crippen LogP contribution in [0.5, 0.6) is 0 Å². The molecule has 0 aromatic rings. The van der Waals surface area contributed by atoms with Crippen LogP contribution in [0.2, 0.25) is 0 Å². The lowest BCUT2D eigenvalue weighted by atomic mass is 9.98. The van der Waals surface area contributed by atoms with Gasteiger partial charge in [-0.15, -0.1) is 0 Å². The Morgan fingerprint density at radius 3 is 1.05 bits per heavy atom. The van der Waals surface area contributed by atoms with Crippen molar-refractivity contribution in [3.05, 3.63) is 0 Å². The molecule has 0 aliphatic carbocycles. The van der Waals surface area contributed by atoms with Gasteiger partial charge in [-0.25, -0.2) is 4.79 Å². The van der Waals surface area contributed by atoms with Gasteiger partial charge in [0.25, 0.3) is 0 Å². The molecule has 0 spiro atoms. The predicted molar refractivity (Wildman–Crippen MR) is 269 cm³/mol. The molecule has 0 unspecified atom stereocenters. The lowest BCUT2D eigenvalue weighted by Gasteiger charge is -2.28. The molecule has 30 nitrogen and oxygen atoms in total. The molecule has 0 aliphatic heterocycles. The van der Waals surface area contributed by atoms with Crippen molar-refractivity contribution >= 4 is 94.6 Å². The third kappa shape index (κ3) is 27.9. The zero-order valence-corrected chi connectivity index (χ0v) is 44.0. The monoisotopic (exact) mass is 1100 g/mol. The van der Waals surface area contributed by atoms with Gasteiger partial charge in [-0.2, -0.15) is 11.8 Å². The fourth-order valence-electron chi connectivity index (χ4n) is 6.86. The number of carbonyl (C=O) groups is 14. The maximum atomic E-state index is 14.0. The SMILES string of the molecule is CC[C@H](C)[C@H](NC(=O)[C@H](CCC(N)=O)NC(=O)[C@H](CC(C)C)NC(=O)[C@H](CCC(N)=O)NC(=O)[C@H](CCC(N)=O)NC(=O)[C@H](CO)NC(=O)[C@H](CCC(=O)O)NC(=O)[C@H](CCC(=O)O)NC(=O)[C@@H](N)CCSC)C(=O)O. The van der Waals surface area contributed by atoms with Gasteiger partial charge >= 0.3 is 17.9 Å². The van der Waals surface area contributed by atoms with Gasteiger partial charge in [-0.05, 0) is 68.8 Å². The molecule has 0 aromatic carbocycles. The quantitative estimate of drug-likeness (QED) is 0.0272. The summed E-state index contributed by atoms with van der Waals surface area (Å²) in [5.74, 6) is -16.3. The number of thioether (sulfide) groups is 1. The van der Waals surface area contributed by atoms with Gasteiger partial charge < -0.3 is 85.9 Å². The van der Waals surface area contributed by atoms with E-state index in [2.05, 4.69) is 42.5 Å². The standard InChI is InChI=1S/C45H76N12O18S/c1-6-22(4)36(45(74)75)57-42(71)26(9-14-33(49)61)53-43(72)29(19-21(2)3)55-40(69)25(8-13-32(48)60)51-38(67)24(7-12-31(47)59)54-44(73)30(20-58)56-41(70)28(11-16-35(64)65)52-39(68)27(10-15-34(62)63)50-37(66)23(46)17-18-76-5/h21-30,36,58H,6-20,46H2,1-5H3,(H2,47,59)(H2,48,60)(H2,49,61)(H,50,66)(H,51,67)(H,52,68)(H,53,72)(H,54,73)(H,55,69)(H,56,70)(H,57,71)(H,62,63)(H,64,65)(H,74,75)/t22-,23-,24-,25-,26-,27-,28-,29-,30-,36-/m0/s1. The Labute approximate surface area is 442 Å². The van der Waals surface area contributed by atoms with E-state index in [1.54, 1.807) is 34.0 Å². The number of hydrogen-bond donors (Lipinski definition) is 16. The number of nitrogens with two attached hydrogens (primary N) is 4. The number of nitrogens with one attached hydrogen (secondary N) is 8. The molecule has 0 radical (unpaired) electrons. The molecule has 0 aliphatic rings. The number of carbonyl (C=O) groups excluding carboxylic acids is 11. The van der Waals surface area contributed by atoms with E-state index in [1.807, 2.05) is 0 Å². The van der Waals surface area contributed by atoms with Crippen molar-refractivity contribution in [3.8, 4) is 0 Å². The minimum Gasteiger partial charge on any atom is -0.481 e. The molecule has 10 atom stereocenters. The highest BCUT2D eigenvalue weighted by molar-refractivity contribution is 7.98. The Hall–Kier alpha value is -7.15. The summed E-state index contributed by atoms with van der Waals surface area (Å²) in [6.45, 7) is 5.36. The second-order valence-corrected chi connectivity index (χ2v) is 19.2. The van der Waals surface area contributed by atoms with Crippen molar-refractivity contribution in [3.63, 3.8) is 0 Å². The summed E-state index contributed by atoms with van der Waals surface area (Å²) in [7, 11) is 0. The Kier molecular flexibility index (Phi) is 32.6. The van der Waals surface area contributed by atoms with E-state index in [0.717, 1.165) is 0 Å². The van der Waals surface area contributed by atoms with E-state index in [-0.39, 0.29) is 25.2 Å². The largest absolute Gasteiger partial charge is 0.481 e. The van der Waals surface area contributed by atoms with E-state index in [1.165, 1.54) is 11.8 Å². The fraction of sp³-hybridized carbons (Fsp3) is 0.689. The minimum atomic E-state index is -1.99. The Bertz CT molecular complexity index is 2060. The second-order valence-electron chi connectivity index (χ2n) is 18.2. The molecular weight excluding hydrogens is 1030 g/mol. The highest BCUT2D eigenvalue weighted by Gasteiger charge is 2.36. The van der Waals surface area contributed by atoms with Gasteiger partial charge in [0, 0.05) is 32.1 Å².